The summed E-state index contributed by atoms with van der Waals surface area (Å²) in [6.45, 7) is 3.81. The lowest BCUT2D eigenvalue weighted by atomic mass is 10.1. The molecule has 5 heteroatoms. The predicted molar refractivity (Wildman–Crippen MR) is 84.3 cm³/mol. The summed E-state index contributed by atoms with van der Waals surface area (Å²) in [5, 5.41) is 15.0. The number of rotatable bonds is 4. The highest BCUT2D eigenvalue weighted by Crippen LogP contribution is 2.16. The highest BCUT2D eigenvalue weighted by molar-refractivity contribution is 5.89. The lowest BCUT2D eigenvalue weighted by Crippen LogP contribution is -2.32. The predicted octanol–water partition coefficient (Wildman–Crippen LogP) is 3.30. The first-order chi connectivity index (χ1) is 10.5. The maximum atomic E-state index is 13.5. The van der Waals surface area contributed by atoms with E-state index in [0.717, 1.165) is 11.1 Å². The Balaban J connectivity index is 1.89. The van der Waals surface area contributed by atoms with Crippen molar-refractivity contribution < 1.29 is 14.3 Å². The summed E-state index contributed by atoms with van der Waals surface area (Å²) in [5.74, 6) is -0.500. The summed E-state index contributed by atoms with van der Waals surface area (Å²) >= 11 is 0. The molecule has 22 heavy (non-hydrogen) atoms. The van der Waals surface area contributed by atoms with Crippen molar-refractivity contribution in [2.24, 2.45) is 0 Å². The summed E-state index contributed by atoms with van der Waals surface area (Å²) < 4.78 is 13.5. The first-order valence-corrected chi connectivity index (χ1v) is 7.01. The molecule has 0 aliphatic rings. The van der Waals surface area contributed by atoms with Crippen molar-refractivity contribution >= 4 is 11.7 Å². The Bertz CT molecular complexity index is 656. The van der Waals surface area contributed by atoms with Crippen LogP contribution in [0.3, 0.4) is 0 Å². The van der Waals surface area contributed by atoms with Crippen LogP contribution >= 0.6 is 0 Å². The third-order valence-corrected chi connectivity index (χ3v) is 3.29. The zero-order valence-corrected chi connectivity index (χ0v) is 12.6. The summed E-state index contributed by atoms with van der Waals surface area (Å²) in [6, 6.07) is 11.3. The average Bonchev–Trinajstić information content (AvgIpc) is 2.49. The normalized spacial score (nSPS) is 11.8. The van der Waals surface area contributed by atoms with E-state index >= 15 is 0 Å². The lowest BCUT2D eigenvalue weighted by molar-refractivity contribution is 0.175. The van der Waals surface area contributed by atoms with Gasteiger partial charge in [0, 0.05) is 6.54 Å². The minimum absolute atomic E-state index is 0.0440. The van der Waals surface area contributed by atoms with Crippen molar-refractivity contribution in [3.8, 4) is 0 Å². The summed E-state index contributed by atoms with van der Waals surface area (Å²) in [6.07, 6.45) is -0.811. The van der Waals surface area contributed by atoms with Gasteiger partial charge in [0.25, 0.3) is 0 Å². The van der Waals surface area contributed by atoms with Gasteiger partial charge in [-0.3, -0.25) is 0 Å². The van der Waals surface area contributed by atoms with E-state index in [-0.39, 0.29) is 12.2 Å². The van der Waals surface area contributed by atoms with Gasteiger partial charge in [-0.25, -0.2) is 9.18 Å². The second-order valence-corrected chi connectivity index (χ2v) is 5.24. The molecule has 0 saturated heterocycles. The Labute approximate surface area is 129 Å². The van der Waals surface area contributed by atoms with Crippen LogP contribution in [0.2, 0.25) is 0 Å². The Morgan fingerprint density at radius 2 is 1.77 bits per heavy atom. The van der Waals surface area contributed by atoms with Crippen LogP contribution in [0.25, 0.3) is 0 Å². The fourth-order valence-corrected chi connectivity index (χ4v) is 2.00. The number of benzene rings is 2. The van der Waals surface area contributed by atoms with E-state index in [1.807, 2.05) is 26.0 Å². The van der Waals surface area contributed by atoms with Gasteiger partial charge >= 0.3 is 6.03 Å². The van der Waals surface area contributed by atoms with Crippen molar-refractivity contribution in [1.82, 2.24) is 5.32 Å². The fourth-order valence-electron chi connectivity index (χ4n) is 2.00. The third kappa shape index (κ3) is 4.30. The number of carbonyl (C=O) groups is 1. The number of aryl methyl sites for hydroxylation is 2. The largest absolute Gasteiger partial charge is 0.387 e. The maximum Gasteiger partial charge on any atom is 0.319 e. The molecule has 0 heterocycles. The van der Waals surface area contributed by atoms with E-state index in [0.29, 0.717) is 5.56 Å². The van der Waals surface area contributed by atoms with E-state index in [1.165, 1.54) is 6.07 Å². The van der Waals surface area contributed by atoms with Crippen LogP contribution in [0.15, 0.2) is 42.5 Å². The number of amides is 2. The quantitative estimate of drug-likeness (QED) is 0.811. The number of aliphatic hydroxyl groups is 1. The molecule has 0 saturated carbocycles. The molecule has 2 aromatic rings. The molecule has 0 aromatic heterocycles. The fraction of sp³-hybridized carbons (Fsp3) is 0.235. The topological polar surface area (TPSA) is 61.4 Å². The maximum absolute atomic E-state index is 13.5. The highest BCUT2D eigenvalue weighted by Gasteiger charge is 2.11. The minimum Gasteiger partial charge on any atom is -0.387 e. The molecule has 4 nitrogen and oxygen atoms in total. The minimum atomic E-state index is -0.811. The van der Waals surface area contributed by atoms with Gasteiger partial charge in [0.2, 0.25) is 0 Å². The monoisotopic (exact) mass is 302 g/mol. The number of aliphatic hydroxyl groups excluding tert-OH is 1. The van der Waals surface area contributed by atoms with Crippen LogP contribution in [0.4, 0.5) is 14.9 Å². The van der Waals surface area contributed by atoms with Gasteiger partial charge in [-0.1, -0.05) is 35.9 Å². The second-order valence-electron chi connectivity index (χ2n) is 5.24. The van der Waals surface area contributed by atoms with Crippen LogP contribution in [-0.2, 0) is 0 Å². The number of carbonyl (C=O) groups excluding carboxylic acids is 1. The molecule has 0 unspecified atom stereocenters. The molecule has 0 fully saturated rings. The first-order valence-electron chi connectivity index (χ1n) is 7.01. The Kier molecular flexibility index (Phi) is 5.12. The van der Waals surface area contributed by atoms with Crippen LogP contribution in [-0.4, -0.2) is 17.7 Å². The zero-order chi connectivity index (χ0) is 16.1. The van der Waals surface area contributed by atoms with Gasteiger partial charge in [-0.05, 0) is 37.1 Å². The van der Waals surface area contributed by atoms with Crippen molar-refractivity contribution in [3.05, 3.63) is 65.0 Å². The van der Waals surface area contributed by atoms with E-state index in [2.05, 4.69) is 10.6 Å². The van der Waals surface area contributed by atoms with E-state index < -0.39 is 18.0 Å². The number of hydrogen-bond donors (Lipinski definition) is 3. The first kappa shape index (κ1) is 16.0. The lowest BCUT2D eigenvalue weighted by Gasteiger charge is -2.13. The SMILES string of the molecule is Cc1ccc([C@H](O)CNC(=O)Nc2cc(C)ccc2F)cc1. The van der Waals surface area contributed by atoms with Gasteiger partial charge in [0.15, 0.2) is 0 Å². The molecule has 2 aromatic carbocycles. The summed E-state index contributed by atoms with van der Waals surface area (Å²) in [4.78, 5) is 11.8. The molecule has 2 amide bonds. The molecule has 0 spiro atoms. The molecular formula is C17H19FN2O2. The molecule has 0 bridgehead atoms. The third-order valence-electron chi connectivity index (χ3n) is 3.29. The van der Waals surface area contributed by atoms with Crippen LogP contribution in [0.5, 0.6) is 0 Å². The number of anilines is 1. The molecule has 116 valence electrons. The molecule has 3 N–H and O–H groups in total. The smallest absolute Gasteiger partial charge is 0.319 e. The molecule has 1 atom stereocenters. The van der Waals surface area contributed by atoms with Crippen molar-refractivity contribution in [1.29, 1.82) is 0 Å². The second kappa shape index (κ2) is 7.04. The zero-order valence-electron chi connectivity index (χ0n) is 12.6. The van der Waals surface area contributed by atoms with Crippen molar-refractivity contribution in [3.63, 3.8) is 0 Å². The van der Waals surface area contributed by atoms with E-state index in [4.69, 9.17) is 0 Å². The standard InChI is InChI=1S/C17H19FN2O2/c1-11-3-6-13(7-4-11)16(21)10-19-17(22)20-15-9-12(2)5-8-14(15)18/h3-9,16,21H,10H2,1-2H3,(H2,19,20,22)/t16-/m1/s1. The van der Waals surface area contributed by atoms with Gasteiger partial charge in [-0.2, -0.15) is 0 Å². The summed E-state index contributed by atoms with van der Waals surface area (Å²) in [5.41, 5.74) is 2.77. The van der Waals surface area contributed by atoms with Gasteiger partial charge < -0.3 is 15.7 Å². The van der Waals surface area contributed by atoms with E-state index in [1.54, 1.807) is 24.3 Å². The molecular weight excluding hydrogens is 283 g/mol. The number of urea groups is 1. The van der Waals surface area contributed by atoms with Gasteiger partial charge in [0.05, 0.1) is 11.8 Å². The molecule has 0 radical (unpaired) electrons. The van der Waals surface area contributed by atoms with Crippen LogP contribution < -0.4 is 10.6 Å². The van der Waals surface area contributed by atoms with E-state index in [9.17, 15) is 14.3 Å². The Morgan fingerprint density at radius 3 is 2.45 bits per heavy atom. The molecule has 0 aliphatic heterocycles. The van der Waals surface area contributed by atoms with Gasteiger partial charge in [0.1, 0.15) is 5.82 Å². The molecule has 0 aliphatic carbocycles. The Morgan fingerprint density at radius 1 is 1.14 bits per heavy atom. The average molecular weight is 302 g/mol. The highest BCUT2D eigenvalue weighted by atomic mass is 19.1. The van der Waals surface area contributed by atoms with Crippen LogP contribution in [0, 0.1) is 19.7 Å². The number of nitrogens with one attached hydrogen (secondary N) is 2. The van der Waals surface area contributed by atoms with Crippen molar-refractivity contribution in [2.75, 3.05) is 11.9 Å². The number of halogens is 1. The van der Waals surface area contributed by atoms with Crippen molar-refractivity contribution in [2.45, 2.75) is 20.0 Å². The van der Waals surface area contributed by atoms with Crippen LogP contribution in [0.1, 0.15) is 22.8 Å². The Hall–Kier alpha value is -2.40. The molecule has 2 rings (SSSR count). The number of hydrogen-bond acceptors (Lipinski definition) is 2. The van der Waals surface area contributed by atoms with Gasteiger partial charge in [-0.15, -0.1) is 0 Å². The summed E-state index contributed by atoms with van der Waals surface area (Å²) in [7, 11) is 0.